The van der Waals surface area contributed by atoms with Gasteiger partial charge in [0.05, 0.1) is 11.7 Å². The van der Waals surface area contributed by atoms with Gasteiger partial charge in [-0.15, -0.1) is 0 Å². The Morgan fingerprint density at radius 3 is 2.29 bits per heavy atom. The molecular weight excluding hydrogens is 172 g/mol. The van der Waals surface area contributed by atoms with Crippen LogP contribution in [0.15, 0.2) is 24.7 Å². The van der Waals surface area contributed by atoms with E-state index in [0.717, 1.165) is 5.52 Å². The van der Waals surface area contributed by atoms with Crippen molar-refractivity contribution in [3.05, 3.63) is 30.2 Å². The molecule has 0 unspecified atom stereocenters. The number of fused-ring (bicyclic) bond motifs is 1. The molecular formula is C12H20N2. The predicted octanol–water partition coefficient (Wildman–Crippen LogP) is 3.92. The lowest BCUT2D eigenvalue weighted by atomic mass is 10.2. The second-order valence-electron chi connectivity index (χ2n) is 2.40. The molecule has 14 heavy (non-hydrogen) atoms. The third-order valence-electron chi connectivity index (χ3n) is 1.68. The van der Waals surface area contributed by atoms with E-state index in [9.17, 15) is 0 Å². The molecule has 0 spiro atoms. The molecule has 0 radical (unpaired) electrons. The topological polar surface area (TPSA) is 28.7 Å². The number of aryl methyl sites for hydroxylation is 1. The van der Waals surface area contributed by atoms with Crippen LogP contribution in [0.2, 0.25) is 0 Å². The minimum Gasteiger partial charge on any atom is -0.360 e. The van der Waals surface area contributed by atoms with Gasteiger partial charge in [0.2, 0.25) is 0 Å². The third kappa shape index (κ3) is 2.87. The van der Waals surface area contributed by atoms with E-state index in [1.54, 1.807) is 0 Å². The van der Waals surface area contributed by atoms with Crippen molar-refractivity contribution in [3.63, 3.8) is 0 Å². The van der Waals surface area contributed by atoms with E-state index in [2.05, 4.69) is 23.0 Å². The highest BCUT2D eigenvalue weighted by Crippen LogP contribution is 2.13. The molecule has 2 aromatic heterocycles. The first-order valence-corrected chi connectivity index (χ1v) is 5.25. The van der Waals surface area contributed by atoms with E-state index >= 15 is 0 Å². The third-order valence-corrected chi connectivity index (χ3v) is 1.68. The van der Waals surface area contributed by atoms with Crippen molar-refractivity contribution >= 4 is 10.9 Å². The van der Waals surface area contributed by atoms with Gasteiger partial charge in [-0.05, 0) is 18.6 Å². The number of aromatic amines is 1. The standard InChI is InChI=1S/C8H8N2.2C2H6/c1-6-4-9-5-8-7(6)2-3-10-8;2*1-2/h2-5,10H,1H3;2*1-2H3. The number of rotatable bonds is 0. The van der Waals surface area contributed by atoms with Gasteiger partial charge in [0.15, 0.2) is 0 Å². The summed E-state index contributed by atoms with van der Waals surface area (Å²) >= 11 is 0. The minimum atomic E-state index is 1.11. The molecule has 1 N–H and O–H groups in total. The Balaban J connectivity index is 0.000000379. The summed E-state index contributed by atoms with van der Waals surface area (Å²) in [5, 5.41) is 1.26. The molecule has 0 saturated carbocycles. The van der Waals surface area contributed by atoms with Gasteiger partial charge >= 0.3 is 0 Å². The van der Waals surface area contributed by atoms with Gasteiger partial charge in [-0.2, -0.15) is 0 Å². The summed E-state index contributed by atoms with van der Waals surface area (Å²) < 4.78 is 0. The zero-order valence-corrected chi connectivity index (χ0v) is 9.76. The molecule has 2 heteroatoms. The summed E-state index contributed by atoms with van der Waals surface area (Å²) in [5.41, 5.74) is 2.33. The molecule has 0 aliphatic carbocycles. The Morgan fingerprint density at radius 2 is 1.71 bits per heavy atom. The Labute approximate surface area is 86.4 Å². The molecule has 0 atom stereocenters. The predicted molar refractivity (Wildman–Crippen MR) is 63.5 cm³/mol. The van der Waals surface area contributed by atoms with Crippen LogP contribution in [0.4, 0.5) is 0 Å². The van der Waals surface area contributed by atoms with Crippen molar-refractivity contribution < 1.29 is 0 Å². The second-order valence-corrected chi connectivity index (χ2v) is 2.40. The first-order valence-electron chi connectivity index (χ1n) is 5.25. The van der Waals surface area contributed by atoms with Crippen molar-refractivity contribution in [1.82, 2.24) is 9.97 Å². The molecule has 2 heterocycles. The lowest BCUT2D eigenvalue weighted by molar-refractivity contribution is 1.30. The summed E-state index contributed by atoms with van der Waals surface area (Å²) in [6, 6.07) is 2.06. The van der Waals surface area contributed by atoms with Crippen LogP contribution in [0, 0.1) is 6.92 Å². The van der Waals surface area contributed by atoms with Crippen molar-refractivity contribution in [1.29, 1.82) is 0 Å². The van der Waals surface area contributed by atoms with Crippen molar-refractivity contribution in [2.24, 2.45) is 0 Å². The average molecular weight is 192 g/mol. The first kappa shape index (κ1) is 12.7. The summed E-state index contributed by atoms with van der Waals surface area (Å²) in [6.07, 6.45) is 5.64. The first-order chi connectivity index (χ1) is 6.88. The van der Waals surface area contributed by atoms with E-state index in [1.165, 1.54) is 10.9 Å². The normalized spacial score (nSPS) is 8.36. The van der Waals surface area contributed by atoms with E-state index in [4.69, 9.17) is 0 Å². The number of nitrogens with one attached hydrogen (secondary N) is 1. The zero-order chi connectivity index (χ0) is 11.0. The lowest BCUT2D eigenvalue weighted by Gasteiger charge is -1.91. The van der Waals surface area contributed by atoms with Gasteiger partial charge in [-0.3, -0.25) is 4.98 Å². The molecule has 0 fully saturated rings. The molecule has 0 amide bonds. The van der Waals surface area contributed by atoms with Crippen LogP contribution in [0.1, 0.15) is 33.3 Å². The van der Waals surface area contributed by atoms with E-state index in [-0.39, 0.29) is 0 Å². The number of H-pyrrole nitrogens is 1. The van der Waals surface area contributed by atoms with Gasteiger partial charge in [-0.1, -0.05) is 27.7 Å². The summed E-state index contributed by atoms with van der Waals surface area (Å²) in [6.45, 7) is 10.1. The zero-order valence-electron chi connectivity index (χ0n) is 9.76. The van der Waals surface area contributed by atoms with Crippen LogP contribution < -0.4 is 0 Å². The van der Waals surface area contributed by atoms with Crippen LogP contribution in [0.5, 0.6) is 0 Å². The van der Waals surface area contributed by atoms with Crippen LogP contribution in [-0.2, 0) is 0 Å². The molecule has 2 nitrogen and oxygen atoms in total. The molecule has 2 aromatic rings. The Hall–Kier alpha value is -1.31. The van der Waals surface area contributed by atoms with Crippen LogP contribution in [0.3, 0.4) is 0 Å². The Kier molecular flexibility index (Phi) is 6.46. The van der Waals surface area contributed by atoms with Crippen LogP contribution in [0.25, 0.3) is 10.9 Å². The van der Waals surface area contributed by atoms with Gasteiger partial charge < -0.3 is 4.98 Å². The highest BCUT2D eigenvalue weighted by molar-refractivity contribution is 5.81. The van der Waals surface area contributed by atoms with Gasteiger partial charge in [0.1, 0.15) is 0 Å². The number of aromatic nitrogens is 2. The largest absolute Gasteiger partial charge is 0.360 e. The summed E-state index contributed by atoms with van der Waals surface area (Å²) in [5.74, 6) is 0. The fourth-order valence-corrected chi connectivity index (χ4v) is 1.13. The number of nitrogens with zero attached hydrogens (tertiary/aromatic N) is 1. The number of hydrogen-bond acceptors (Lipinski definition) is 1. The fourth-order valence-electron chi connectivity index (χ4n) is 1.13. The highest BCUT2D eigenvalue weighted by Gasteiger charge is 1.94. The highest BCUT2D eigenvalue weighted by atomic mass is 14.7. The van der Waals surface area contributed by atoms with Crippen molar-refractivity contribution in [3.8, 4) is 0 Å². The average Bonchev–Trinajstić information content (AvgIpc) is 2.73. The molecule has 0 aliphatic heterocycles. The van der Waals surface area contributed by atoms with Crippen LogP contribution >= 0.6 is 0 Å². The summed E-state index contributed by atoms with van der Waals surface area (Å²) in [4.78, 5) is 7.15. The second kappa shape index (κ2) is 7.13. The minimum absolute atomic E-state index is 1.11. The maximum atomic E-state index is 4.05. The van der Waals surface area contributed by atoms with Gasteiger partial charge in [0, 0.05) is 17.8 Å². The SMILES string of the molecule is CC.CC.Cc1cncc2[nH]ccc12. The van der Waals surface area contributed by atoms with Gasteiger partial charge in [0.25, 0.3) is 0 Å². The lowest BCUT2D eigenvalue weighted by Crippen LogP contribution is -1.76. The molecule has 78 valence electrons. The number of hydrogen-bond donors (Lipinski definition) is 1. The monoisotopic (exact) mass is 192 g/mol. The van der Waals surface area contributed by atoms with Crippen molar-refractivity contribution in [2.75, 3.05) is 0 Å². The maximum absolute atomic E-state index is 4.05. The number of pyridine rings is 1. The molecule has 2 rings (SSSR count). The fraction of sp³-hybridized carbons (Fsp3) is 0.417. The molecule has 0 bridgehead atoms. The summed E-state index contributed by atoms with van der Waals surface area (Å²) in [7, 11) is 0. The Morgan fingerprint density at radius 1 is 1.07 bits per heavy atom. The van der Waals surface area contributed by atoms with E-state index in [1.807, 2.05) is 46.3 Å². The van der Waals surface area contributed by atoms with E-state index < -0.39 is 0 Å². The Bertz CT molecular complexity index is 350. The quantitative estimate of drug-likeness (QED) is 0.673. The van der Waals surface area contributed by atoms with Gasteiger partial charge in [-0.25, -0.2) is 0 Å². The molecule has 0 saturated heterocycles. The molecule has 0 aliphatic rings. The maximum Gasteiger partial charge on any atom is 0.0643 e. The van der Waals surface area contributed by atoms with E-state index in [0.29, 0.717) is 0 Å². The van der Waals surface area contributed by atoms with Crippen LogP contribution in [-0.4, -0.2) is 9.97 Å². The van der Waals surface area contributed by atoms with Crippen molar-refractivity contribution in [2.45, 2.75) is 34.6 Å². The smallest absolute Gasteiger partial charge is 0.0643 e. The molecule has 0 aromatic carbocycles.